The number of rotatable bonds is 9. The lowest BCUT2D eigenvalue weighted by molar-refractivity contribution is 0.282. The highest BCUT2D eigenvalue weighted by Gasteiger charge is 2.25. The monoisotopic (exact) mass is 949 g/mol. The third-order valence-electron chi connectivity index (χ3n) is 14.8. The molecule has 0 bridgehead atoms. The van der Waals surface area contributed by atoms with E-state index in [1.165, 1.54) is 38.9 Å². The van der Waals surface area contributed by atoms with Gasteiger partial charge in [-0.25, -0.2) is 0 Å². The third kappa shape index (κ3) is 7.79. The zero-order chi connectivity index (χ0) is 49.0. The van der Waals surface area contributed by atoms with Crippen LogP contribution in [0.25, 0.3) is 112 Å². The Morgan fingerprint density at radius 1 is 0.297 bits per heavy atom. The first kappa shape index (κ1) is 43.1. The average molecular weight is 950 g/mol. The highest BCUT2D eigenvalue weighted by atomic mass is 16.5. The number of pyridine rings is 1. The summed E-state index contributed by atoms with van der Waals surface area (Å²) in [7, 11) is 0. The van der Waals surface area contributed by atoms with Gasteiger partial charge in [-0.05, 0) is 161 Å². The summed E-state index contributed by atoms with van der Waals surface area (Å²) < 4.78 is 11.4. The van der Waals surface area contributed by atoms with E-state index in [0.29, 0.717) is 13.5 Å². The fourth-order valence-electron chi connectivity index (χ4n) is 11.0. The molecule has 0 saturated carbocycles. The van der Waals surface area contributed by atoms with Crippen molar-refractivity contribution in [3.8, 4) is 100 Å². The lowest BCUT2D eigenvalue weighted by Gasteiger charge is -2.25. The number of nitrogens with zero attached hydrogens (tertiary/aromatic N) is 3. The summed E-state index contributed by atoms with van der Waals surface area (Å²) in [5.41, 5.74) is 27.2. The molecule has 5 heteroatoms. The standard InChI is InChI=1S/C69H47N3O2/c1-2-11-46(12-3-1)47-21-23-48(24-22-47)49-13-10-14-52(35-49)67-32-27-55(41-70-67)63-17-6-9-20-66(63)58-39-56(64-18-7-4-15-61(64)50-28-33-68-53(36-50)25-30-59-42-73-44-71(59)68)38-57(40-58)65-19-8-5-16-62(65)51-29-34-69-54(37-51)26-31-60-43-74-45-72(60)69/h1-43H,44-45H2. The van der Waals surface area contributed by atoms with Gasteiger partial charge in [0.05, 0.1) is 28.5 Å². The maximum atomic E-state index is 5.70. The number of ether oxygens (including phenoxy) is 2. The van der Waals surface area contributed by atoms with Crippen LogP contribution in [0.1, 0.15) is 11.1 Å². The minimum atomic E-state index is 0.522. The Bertz CT molecular complexity index is 3810. The molecular weight excluding hydrogens is 903 g/mol. The molecule has 0 N–H and O–H groups in total. The predicted octanol–water partition coefficient (Wildman–Crippen LogP) is 17.4. The summed E-state index contributed by atoms with van der Waals surface area (Å²) in [4.78, 5) is 9.57. The first-order chi connectivity index (χ1) is 36.6. The lowest BCUT2D eigenvalue weighted by Crippen LogP contribution is -2.20. The van der Waals surface area contributed by atoms with Crippen molar-refractivity contribution in [2.45, 2.75) is 0 Å². The number of hydrogen-bond donors (Lipinski definition) is 0. The van der Waals surface area contributed by atoms with Crippen LogP contribution < -0.4 is 9.80 Å². The smallest absolute Gasteiger partial charge is 0.165 e. The van der Waals surface area contributed by atoms with Crippen LogP contribution in [0.3, 0.4) is 0 Å². The quantitative estimate of drug-likeness (QED) is 0.144. The molecule has 0 amide bonds. The van der Waals surface area contributed by atoms with E-state index >= 15 is 0 Å². The van der Waals surface area contributed by atoms with Gasteiger partial charge in [0.15, 0.2) is 13.5 Å². The Kier molecular flexibility index (Phi) is 10.6. The third-order valence-corrected chi connectivity index (χ3v) is 14.8. The first-order valence-electron chi connectivity index (χ1n) is 25.1. The largest absolute Gasteiger partial charge is 0.478 e. The lowest BCUT2D eigenvalue weighted by atomic mass is 9.86. The van der Waals surface area contributed by atoms with Crippen LogP contribution in [0, 0.1) is 0 Å². The van der Waals surface area contributed by atoms with Crippen molar-refractivity contribution in [3.63, 3.8) is 0 Å². The van der Waals surface area contributed by atoms with Gasteiger partial charge >= 0.3 is 0 Å². The molecule has 1 aromatic heterocycles. The summed E-state index contributed by atoms with van der Waals surface area (Å²) in [5.74, 6) is 0. The number of allylic oxidation sites excluding steroid dienone is 2. The fraction of sp³-hybridized carbons (Fsp3) is 0.0290. The van der Waals surface area contributed by atoms with Crippen molar-refractivity contribution in [1.29, 1.82) is 0 Å². The van der Waals surface area contributed by atoms with Gasteiger partial charge < -0.3 is 19.3 Å². The van der Waals surface area contributed by atoms with E-state index in [2.05, 4.69) is 252 Å². The Hall–Kier alpha value is -9.71. The van der Waals surface area contributed by atoms with Crippen LogP contribution >= 0.6 is 0 Å². The maximum absolute atomic E-state index is 5.70. The number of aromatic nitrogens is 1. The molecule has 0 aliphatic carbocycles. The molecule has 0 radical (unpaired) electrons. The number of fused-ring (bicyclic) bond motifs is 6. The zero-order valence-electron chi connectivity index (χ0n) is 40.4. The second kappa shape index (κ2) is 18.2. The zero-order valence-corrected chi connectivity index (χ0v) is 40.4. The Labute approximate surface area is 431 Å². The topological polar surface area (TPSA) is 37.8 Å². The van der Waals surface area contributed by atoms with E-state index in [0.717, 1.165) is 95.2 Å². The Morgan fingerprint density at radius 2 is 0.689 bits per heavy atom. The van der Waals surface area contributed by atoms with Gasteiger partial charge in [0.25, 0.3) is 0 Å². The van der Waals surface area contributed by atoms with Gasteiger partial charge in [0, 0.05) is 17.3 Å². The van der Waals surface area contributed by atoms with E-state index in [1.54, 1.807) is 0 Å². The molecule has 0 unspecified atom stereocenters. The average Bonchev–Trinajstić information content (AvgIpc) is 4.19. The molecule has 9 aromatic carbocycles. The molecular formula is C69H47N3O2. The van der Waals surface area contributed by atoms with Crippen LogP contribution in [0.15, 0.2) is 261 Å². The molecule has 0 spiro atoms. The predicted molar refractivity (Wildman–Crippen MR) is 304 cm³/mol. The van der Waals surface area contributed by atoms with Gasteiger partial charge in [0.2, 0.25) is 0 Å². The molecule has 74 heavy (non-hydrogen) atoms. The van der Waals surface area contributed by atoms with Gasteiger partial charge in [-0.2, -0.15) is 0 Å². The van der Waals surface area contributed by atoms with Crippen molar-refractivity contribution >= 4 is 23.5 Å². The Balaban J connectivity index is 0.861. The highest BCUT2D eigenvalue weighted by molar-refractivity contribution is 5.96. The number of anilines is 2. The van der Waals surface area contributed by atoms with Gasteiger partial charge in [0.1, 0.15) is 12.5 Å². The number of hydrogen-bond acceptors (Lipinski definition) is 5. The summed E-state index contributed by atoms with van der Waals surface area (Å²) in [5, 5.41) is 0. The van der Waals surface area contributed by atoms with Crippen molar-refractivity contribution in [3.05, 3.63) is 272 Å². The number of benzene rings is 9. The van der Waals surface area contributed by atoms with E-state index < -0.39 is 0 Å². The van der Waals surface area contributed by atoms with Crippen LogP contribution in [0.2, 0.25) is 0 Å². The van der Waals surface area contributed by atoms with Crippen molar-refractivity contribution < 1.29 is 9.47 Å². The molecule has 350 valence electrons. The van der Waals surface area contributed by atoms with Crippen LogP contribution in [-0.2, 0) is 9.47 Å². The minimum Gasteiger partial charge on any atom is -0.478 e. The SMILES string of the molecule is C1=Cc2cc(-c3ccccc3-c3cc(-c4ccccc4-c4ccc(-c5cccc(-c6ccc(-c7ccccc7)cc6)c5)nc4)cc(-c4ccccc4-c4ccc5c(c4)C=CC4=COCN45)c3)ccc2N2COC=C12. The summed E-state index contributed by atoms with van der Waals surface area (Å²) in [6.45, 7) is 1.04. The summed E-state index contributed by atoms with van der Waals surface area (Å²) in [6, 6.07) is 79.4. The van der Waals surface area contributed by atoms with E-state index in [-0.39, 0.29) is 0 Å². The van der Waals surface area contributed by atoms with Crippen molar-refractivity contribution in [2.24, 2.45) is 0 Å². The van der Waals surface area contributed by atoms with Crippen LogP contribution in [-0.4, -0.2) is 18.4 Å². The first-order valence-corrected chi connectivity index (χ1v) is 25.1. The van der Waals surface area contributed by atoms with Crippen LogP contribution in [0.5, 0.6) is 0 Å². The van der Waals surface area contributed by atoms with E-state index in [1.807, 2.05) is 18.7 Å². The van der Waals surface area contributed by atoms with Gasteiger partial charge in [-0.3, -0.25) is 4.98 Å². The molecule has 4 aliphatic heterocycles. The van der Waals surface area contributed by atoms with Gasteiger partial charge in [-0.1, -0.05) is 176 Å². The second-order valence-corrected chi connectivity index (χ2v) is 19.1. The minimum absolute atomic E-state index is 0.522. The highest BCUT2D eigenvalue weighted by Crippen LogP contribution is 2.45. The van der Waals surface area contributed by atoms with Crippen molar-refractivity contribution in [1.82, 2.24) is 4.98 Å². The van der Waals surface area contributed by atoms with Gasteiger partial charge in [-0.15, -0.1) is 0 Å². The molecule has 14 rings (SSSR count). The Morgan fingerprint density at radius 3 is 1.19 bits per heavy atom. The van der Waals surface area contributed by atoms with E-state index in [9.17, 15) is 0 Å². The molecule has 5 heterocycles. The van der Waals surface area contributed by atoms with Crippen LogP contribution in [0.4, 0.5) is 11.4 Å². The summed E-state index contributed by atoms with van der Waals surface area (Å²) in [6.07, 6.45) is 14.4. The van der Waals surface area contributed by atoms with E-state index in [4.69, 9.17) is 14.5 Å². The molecule has 5 nitrogen and oxygen atoms in total. The molecule has 0 fully saturated rings. The fourth-order valence-corrected chi connectivity index (χ4v) is 11.0. The molecule has 0 atom stereocenters. The molecule has 0 saturated heterocycles. The van der Waals surface area contributed by atoms with Crippen molar-refractivity contribution in [2.75, 3.05) is 23.3 Å². The molecule has 4 aliphatic rings. The molecule has 10 aromatic rings. The maximum Gasteiger partial charge on any atom is 0.165 e. The second-order valence-electron chi connectivity index (χ2n) is 19.1. The normalized spacial score (nSPS) is 13.8. The summed E-state index contributed by atoms with van der Waals surface area (Å²) >= 11 is 0.